The highest BCUT2D eigenvalue weighted by molar-refractivity contribution is 7.48. The highest BCUT2D eigenvalue weighted by Gasteiger charge is 2.29. The molecule has 9 heteroatoms. The molecule has 0 aromatic heterocycles. The predicted octanol–water partition coefficient (Wildman–Crippen LogP) is 3.96. The van der Waals surface area contributed by atoms with Gasteiger partial charge in [-0.1, -0.05) is 26.5 Å². The average Bonchev–Trinajstić information content (AvgIpc) is 2.58. The molecule has 0 aromatic carbocycles. The topological polar surface area (TPSA) is 97.4 Å². The lowest BCUT2D eigenvalue weighted by molar-refractivity contribution is -0.145. The van der Waals surface area contributed by atoms with Gasteiger partial charge in [0, 0.05) is 11.1 Å². The van der Waals surface area contributed by atoms with Crippen molar-refractivity contribution in [3.05, 3.63) is 24.3 Å². The van der Waals surface area contributed by atoms with E-state index in [1.165, 1.54) is 13.8 Å². The van der Waals surface area contributed by atoms with Crippen molar-refractivity contribution < 1.29 is 37.2 Å². The van der Waals surface area contributed by atoms with Crippen LogP contribution in [0.4, 0.5) is 0 Å². The van der Waals surface area contributed by atoms with Gasteiger partial charge in [0.1, 0.15) is 12.2 Å². The molecule has 27 heavy (non-hydrogen) atoms. The average molecular weight is 406 g/mol. The van der Waals surface area contributed by atoms with Crippen LogP contribution in [0.1, 0.15) is 47.5 Å². The van der Waals surface area contributed by atoms with Crippen molar-refractivity contribution in [3.8, 4) is 0 Å². The maximum atomic E-state index is 12.8. The van der Waals surface area contributed by atoms with Crippen molar-refractivity contribution in [3.63, 3.8) is 0 Å². The fourth-order valence-electron chi connectivity index (χ4n) is 1.46. The molecular weight excluding hydrogens is 375 g/mol. The van der Waals surface area contributed by atoms with Gasteiger partial charge < -0.3 is 9.47 Å². The second kappa shape index (κ2) is 12.8. The van der Waals surface area contributed by atoms with E-state index < -0.39 is 32.0 Å². The van der Waals surface area contributed by atoms with Gasteiger partial charge in [-0.3, -0.25) is 13.6 Å². The van der Waals surface area contributed by atoms with Gasteiger partial charge in [0.05, 0.1) is 19.8 Å². The molecular formula is C18H31O8P. The van der Waals surface area contributed by atoms with Crippen molar-refractivity contribution in [1.82, 2.24) is 0 Å². The Morgan fingerprint density at radius 1 is 0.889 bits per heavy atom. The predicted molar refractivity (Wildman–Crippen MR) is 101 cm³/mol. The number of carbonyl (C=O) groups is 2. The molecule has 0 aromatic rings. The number of hydrogen-bond donors (Lipinski definition) is 0. The first-order valence-electron chi connectivity index (χ1n) is 8.77. The molecule has 0 spiro atoms. The summed E-state index contributed by atoms with van der Waals surface area (Å²) in [7, 11) is -3.92. The molecule has 0 fully saturated rings. The number of unbranched alkanes of at least 4 members (excludes halogenated alkanes) is 1. The van der Waals surface area contributed by atoms with Crippen LogP contribution in [0, 0.1) is 0 Å². The van der Waals surface area contributed by atoms with Crippen LogP contribution in [0.2, 0.25) is 0 Å². The normalized spacial score (nSPS) is 15.3. The molecule has 0 aliphatic rings. The summed E-state index contributed by atoms with van der Waals surface area (Å²) in [5, 5.41) is 0. The van der Waals surface area contributed by atoms with Gasteiger partial charge >= 0.3 is 19.8 Å². The lowest BCUT2D eigenvalue weighted by Gasteiger charge is -2.22. The molecule has 0 heterocycles. The van der Waals surface area contributed by atoms with E-state index in [4.69, 9.17) is 23.0 Å². The van der Waals surface area contributed by atoms with Crippen LogP contribution in [0.3, 0.4) is 0 Å². The van der Waals surface area contributed by atoms with Crippen LogP contribution in [-0.2, 0) is 37.2 Å². The highest BCUT2D eigenvalue weighted by atomic mass is 31.2. The number of rotatable bonds is 14. The number of esters is 2. The van der Waals surface area contributed by atoms with E-state index in [2.05, 4.69) is 13.2 Å². The molecule has 0 amide bonds. The molecule has 2 unspecified atom stereocenters. The molecule has 0 bridgehead atoms. The Hall–Kier alpha value is -1.47. The van der Waals surface area contributed by atoms with E-state index in [0.717, 1.165) is 6.42 Å². The summed E-state index contributed by atoms with van der Waals surface area (Å²) in [5.41, 5.74) is 0.488. The van der Waals surface area contributed by atoms with Gasteiger partial charge in [-0.25, -0.2) is 14.2 Å². The van der Waals surface area contributed by atoms with Crippen molar-refractivity contribution in [2.75, 3.05) is 19.8 Å². The number of phosphoric ester groups is 1. The van der Waals surface area contributed by atoms with Gasteiger partial charge in [0.2, 0.25) is 0 Å². The summed E-state index contributed by atoms with van der Waals surface area (Å²) >= 11 is 0. The van der Waals surface area contributed by atoms with Gasteiger partial charge in [-0.05, 0) is 34.1 Å². The van der Waals surface area contributed by atoms with E-state index in [1.54, 1.807) is 13.8 Å². The van der Waals surface area contributed by atoms with Crippen molar-refractivity contribution >= 4 is 19.8 Å². The Morgan fingerprint density at radius 2 is 1.30 bits per heavy atom. The summed E-state index contributed by atoms with van der Waals surface area (Å²) in [4.78, 5) is 23.0. The molecule has 156 valence electrons. The van der Waals surface area contributed by atoms with Crippen LogP contribution in [0.15, 0.2) is 24.3 Å². The smallest absolute Gasteiger partial charge is 0.457 e. The van der Waals surface area contributed by atoms with Crippen LogP contribution < -0.4 is 0 Å². The Morgan fingerprint density at radius 3 is 1.63 bits per heavy atom. The minimum Gasteiger partial charge on any atom is -0.457 e. The lowest BCUT2D eigenvalue weighted by Crippen LogP contribution is -2.23. The quantitative estimate of drug-likeness (QED) is 0.185. The Kier molecular flexibility index (Phi) is 12.1. The lowest BCUT2D eigenvalue weighted by atomic mass is 10.3. The van der Waals surface area contributed by atoms with Crippen molar-refractivity contribution in [1.29, 1.82) is 0 Å². The van der Waals surface area contributed by atoms with E-state index in [0.29, 0.717) is 6.42 Å². The monoisotopic (exact) mass is 406 g/mol. The van der Waals surface area contributed by atoms with Gasteiger partial charge in [-0.15, -0.1) is 0 Å². The van der Waals surface area contributed by atoms with Crippen molar-refractivity contribution in [2.24, 2.45) is 0 Å². The van der Waals surface area contributed by atoms with Gasteiger partial charge in [-0.2, -0.15) is 0 Å². The maximum absolute atomic E-state index is 12.8. The summed E-state index contributed by atoms with van der Waals surface area (Å²) in [6.45, 7) is 14.9. The number of phosphoric acid groups is 1. The van der Waals surface area contributed by atoms with E-state index in [1.807, 2.05) is 6.92 Å². The first-order valence-corrected chi connectivity index (χ1v) is 10.2. The molecule has 0 saturated carbocycles. The second-order valence-electron chi connectivity index (χ2n) is 6.22. The summed E-state index contributed by atoms with van der Waals surface area (Å²) in [6, 6.07) is 0. The fraction of sp³-hybridized carbons (Fsp3) is 0.667. The first-order chi connectivity index (χ1) is 12.5. The van der Waals surface area contributed by atoms with E-state index in [-0.39, 0.29) is 31.0 Å². The van der Waals surface area contributed by atoms with Crippen molar-refractivity contribution in [2.45, 2.75) is 59.7 Å². The zero-order valence-electron chi connectivity index (χ0n) is 16.8. The summed E-state index contributed by atoms with van der Waals surface area (Å²) in [6.07, 6.45) is 0.134. The third-order valence-electron chi connectivity index (χ3n) is 3.00. The SMILES string of the molecule is C=C(C)C(=O)OC(C)COP(=O)(OCCCC)OCC(C)OC(=O)C(=C)C. The second-order valence-corrected chi connectivity index (χ2v) is 7.89. The third-order valence-corrected chi connectivity index (χ3v) is 4.42. The third kappa shape index (κ3) is 11.8. The molecule has 0 radical (unpaired) electrons. The molecule has 8 nitrogen and oxygen atoms in total. The van der Waals surface area contributed by atoms with Gasteiger partial charge in [0.25, 0.3) is 0 Å². The first kappa shape index (κ1) is 25.5. The summed E-state index contributed by atoms with van der Waals surface area (Å²) < 4.78 is 38.7. The molecule has 0 aliphatic heterocycles. The van der Waals surface area contributed by atoms with Crippen LogP contribution in [0.25, 0.3) is 0 Å². The Balaban J connectivity index is 4.71. The molecule has 0 saturated heterocycles. The van der Waals surface area contributed by atoms with E-state index in [9.17, 15) is 14.2 Å². The largest absolute Gasteiger partial charge is 0.475 e. The Labute approximate surface area is 161 Å². The van der Waals surface area contributed by atoms with Crippen LogP contribution in [0.5, 0.6) is 0 Å². The zero-order valence-corrected chi connectivity index (χ0v) is 17.7. The molecule has 0 rings (SSSR count). The van der Waals surface area contributed by atoms with Crippen LogP contribution in [-0.4, -0.2) is 44.0 Å². The number of ether oxygens (including phenoxy) is 2. The minimum absolute atomic E-state index is 0.174. The number of carbonyl (C=O) groups excluding carboxylic acids is 2. The standard InChI is InChI=1S/C18H31O8P/c1-8-9-10-22-27(21,23-11-15(6)25-17(19)13(2)3)24-12-16(7)26-18(20)14(4)5/h15-16H,2,4,8-12H2,1,3,5-7H3. The molecule has 0 aliphatic carbocycles. The Bertz CT molecular complexity index is 530. The maximum Gasteiger partial charge on any atom is 0.475 e. The van der Waals surface area contributed by atoms with E-state index >= 15 is 0 Å². The fourth-order valence-corrected chi connectivity index (χ4v) is 2.82. The summed E-state index contributed by atoms with van der Waals surface area (Å²) in [5.74, 6) is -1.15. The number of hydrogen-bond acceptors (Lipinski definition) is 8. The molecule has 0 N–H and O–H groups in total. The van der Waals surface area contributed by atoms with Crippen LogP contribution >= 0.6 is 7.82 Å². The van der Waals surface area contributed by atoms with Gasteiger partial charge in [0.15, 0.2) is 0 Å². The minimum atomic E-state index is -3.92. The highest BCUT2D eigenvalue weighted by Crippen LogP contribution is 2.50. The zero-order chi connectivity index (χ0) is 21.0. The molecule has 2 atom stereocenters.